The Hall–Kier alpha value is -2.98. The summed E-state index contributed by atoms with van der Waals surface area (Å²) in [5.41, 5.74) is 3.89. The van der Waals surface area contributed by atoms with Crippen LogP contribution in [0.15, 0.2) is 121 Å². The molecule has 5 atom stereocenters. The average molecular weight is 685 g/mol. The Morgan fingerprint density at radius 2 is 1.09 bits per heavy atom. The first-order valence-corrected chi connectivity index (χ1v) is 16.1. The van der Waals surface area contributed by atoms with Gasteiger partial charge in [-0.25, -0.2) is 0 Å². The average Bonchev–Trinajstić information content (AvgIpc) is 3.42. The number of ether oxygens (including phenoxy) is 5. The Labute approximate surface area is 284 Å². The topological polar surface area (TPSA) is 75.3 Å². The molecule has 0 spiro atoms. The summed E-state index contributed by atoms with van der Waals surface area (Å²) in [6.45, 7) is 1.33. The molecule has 1 heterocycles. The summed E-state index contributed by atoms with van der Waals surface area (Å²) in [7, 11) is 0. The Bertz CT molecular complexity index is 1460. The molecule has 242 valence electrons. The number of halogens is 3. The summed E-state index contributed by atoms with van der Waals surface area (Å²) in [5.74, 6) is -0.847. The first kappa shape index (κ1) is 34.4. The van der Waals surface area contributed by atoms with E-state index in [1.807, 2.05) is 121 Å². The van der Waals surface area contributed by atoms with E-state index in [-0.39, 0.29) is 19.8 Å². The van der Waals surface area contributed by atoms with Gasteiger partial charge in [-0.1, -0.05) is 156 Å². The molecule has 10 heteroatoms. The van der Waals surface area contributed by atoms with Crippen molar-refractivity contribution in [3.8, 4) is 0 Å². The van der Waals surface area contributed by atoms with E-state index in [1.165, 1.54) is 0 Å². The quantitative estimate of drug-likeness (QED) is 0.134. The normalized spacial score (nSPS) is 20.3. The van der Waals surface area contributed by atoms with Gasteiger partial charge in [-0.2, -0.15) is 0 Å². The van der Waals surface area contributed by atoms with Crippen molar-refractivity contribution in [2.75, 3.05) is 6.61 Å². The van der Waals surface area contributed by atoms with Crippen molar-refractivity contribution in [3.05, 3.63) is 144 Å². The second-order valence-electron chi connectivity index (χ2n) is 10.9. The lowest BCUT2D eigenvalue weighted by atomic mass is 10.0. The molecule has 1 fully saturated rings. The second-order valence-corrected chi connectivity index (χ2v) is 13.1. The fourth-order valence-electron chi connectivity index (χ4n) is 5.10. The summed E-state index contributed by atoms with van der Waals surface area (Å²) in [6.07, 6.45) is -3.87. The fraction of sp³-hybridized carbons (Fsp3) is 0.306. The molecule has 0 saturated carbocycles. The van der Waals surface area contributed by atoms with E-state index in [0.717, 1.165) is 22.3 Å². The van der Waals surface area contributed by atoms with Crippen molar-refractivity contribution in [2.24, 2.45) is 0 Å². The standard InChI is InChI=1S/C36H36Cl3NO6/c37-36(38,39)35(41)40-34-33(45-24-29-19-11-4-12-20-29)32(44-23-28-17-9-3-10-18-28)31(46-34)30(43-22-27-15-7-2-8-16-27)25-42-21-26-13-5-1-6-14-26/h1-20,30-34H,21-25H2,(H,40,41)/t30-,31+,32+,33-,34-/m1/s1. The van der Waals surface area contributed by atoms with Crippen LogP contribution in [0.2, 0.25) is 0 Å². The number of hydrogen-bond acceptors (Lipinski definition) is 6. The van der Waals surface area contributed by atoms with E-state index in [2.05, 4.69) is 5.32 Å². The largest absolute Gasteiger partial charge is 0.374 e. The maximum Gasteiger partial charge on any atom is 0.274 e. The summed E-state index contributed by atoms with van der Waals surface area (Å²) in [6, 6.07) is 39.1. The van der Waals surface area contributed by atoms with Crippen LogP contribution in [-0.2, 0) is 54.9 Å². The monoisotopic (exact) mass is 683 g/mol. The second kappa shape index (κ2) is 17.3. The predicted molar refractivity (Wildman–Crippen MR) is 178 cm³/mol. The van der Waals surface area contributed by atoms with Gasteiger partial charge >= 0.3 is 0 Å². The van der Waals surface area contributed by atoms with E-state index in [1.54, 1.807) is 0 Å². The minimum Gasteiger partial charge on any atom is -0.374 e. The molecule has 7 nitrogen and oxygen atoms in total. The zero-order chi connectivity index (χ0) is 32.2. The van der Waals surface area contributed by atoms with Gasteiger partial charge in [-0.05, 0) is 22.3 Å². The molecule has 4 aromatic carbocycles. The van der Waals surface area contributed by atoms with Gasteiger partial charge in [0.2, 0.25) is 0 Å². The third kappa shape index (κ3) is 10.3. The van der Waals surface area contributed by atoms with Gasteiger partial charge in [0.05, 0.1) is 33.0 Å². The minimum absolute atomic E-state index is 0.175. The maximum absolute atomic E-state index is 12.9. The zero-order valence-electron chi connectivity index (χ0n) is 25.1. The number of rotatable bonds is 15. The predicted octanol–water partition coefficient (Wildman–Crippen LogP) is 7.17. The molecule has 0 aromatic heterocycles. The van der Waals surface area contributed by atoms with Crippen LogP contribution in [0.4, 0.5) is 0 Å². The molecule has 1 aliphatic rings. The number of amides is 1. The van der Waals surface area contributed by atoms with Crippen LogP contribution >= 0.6 is 34.8 Å². The Morgan fingerprint density at radius 1 is 0.652 bits per heavy atom. The lowest BCUT2D eigenvalue weighted by Crippen LogP contribution is -2.49. The molecule has 0 unspecified atom stereocenters. The summed E-state index contributed by atoms with van der Waals surface area (Å²) in [4.78, 5) is 12.9. The van der Waals surface area contributed by atoms with E-state index < -0.39 is 40.3 Å². The summed E-state index contributed by atoms with van der Waals surface area (Å²) < 4.78 is 30.0. The number of benzene rings is 4. The third-order valence-corrected chi connectivity index (χ3v) is 7.93. The van der Waals surface area contributed by atoms with Gasteiger partial charge in [0.15, 0.2) is 6.23 Å². The number of hydrogen-bond donors (Lipinski definition) is 1. The van der Waals surface area contributed by atoms with Gasteiger partial charge in [0.25, 0.3) is 9.70 Å². The molecule has 46 heavy (non-hydrogen) atoms. The number of nitrogens with one attached hydrogen (secondary N) is 1. The highest BCUT2D eigenvalue weighted by atomic mass is 35.6. The highest BCUT2D eigenvalue weighted by Crippen LogP contribution is 2.33. The van der Waals surface area contributed by atoms with Gasteiger partial charge in [0, 0.05) is 0 Å². The maximum atomic E-state index is 12.9. The smallest absolute Gasteiger partial charge is 0.274 e. The zero-order valence-corrected chi connectivity index (χ0v) is 27.3. The SMILES string of the molecule is O=C(N[C@@H]1O[C@@H]([C@@H](COCc2ccccc2)OCc2ccccc2)[C@H](OCc2ccccc2)[C@H]1OCc1ccccc1)C(Cl)(Cl)Cl. The number of alkyl halides is 3. The van der Waals surface area contributed by atoms with Gasteiger partial charge < -0.3 is 29.0 Å². The van der Waals surface area contributed by atoms with E-state index in [0.29, 0.717) is 13.2 Å². The number of carbonyl (C=O) groups is 1. The lowest BCUT2D eigenvalue weighted by Gasteiger charge is -2.29. The van der Waals surface area contributed by atoms with Crippen LogP contribution in [-0.4, -0.2) is 47.0 Å². The van der Waals surface area contributed by atoms with Gasteiger partial charge in [-0.3, -0.25) is 4.79 Å². The van der Waals surface area contributed by atoms with Crippen molar-refractivity contribution in [1.29, 1.82) is 0 Å². The first-order valence-electron chi connectivity index (χ1n) is 15.0. The third-order valence-electron chi connectivity index (χ3n) is 7.42. The van der Waals surface area contributed by atoms with Crippen LogP contribution in [0.25, 0.3) is 0 Å². The Kier molecular flexibility index (Phi) is 12.9. The molecule has 0 radical (unpaired) electrons. The van der Waals surface area contributed by atoms with Crippen molar-refractivity contribution in [2.45, 2.75) is 60.9 Å². The molecule has 4 aromatic rings. The lowest BCUT2D eigenvalue weighted by molar-refractivity contribution is -0.145. The first-order chi connectivity index (χ1) is 22.4. The summed E-state index contributed by atoms with van der Waals surface area (Å²) in [5, 5.41) is 2.72. The van der Waals surface area contributed by atoms with Crippen molar-refractivity contribution < 1.29 is 28.5 Å². The van der Waals surface area contributed by atoms with Crippen molar-refractivity contribution in [3.63, 3.8) is 0 Å². The van der Waals surface area contributed by atoms with Crippen molar-refractivity contribution >= 4 is 40.7 Å². The molecule has 1 saturated heterocycles. The number of carbonyl (C=O) groups excluding carboxylic acids is 1. The fourth-order valence-corrected chi connectivity index (χ4v) is 5.26. The van der Waals surface area contributed by atoms with E-state index in [4.69, 9.17) is 58.5 Å². The van der Waals surface area contributed by atoms with Crippen LogP contribution in [0.5, 0.6) is 0 Å². The van der Waals surface area contributed by atoms with Gasteiger partial charge in [0.1, 0.15) is 24.4 Å². The van der Waals surface area contributed by atoms with Gasteiger partial charge in [-0.15, -0.1) is 0 Å². The summed E-state index contributed by atoms with van der Waals surface area (Å²) >= 11 is 17.9. The molecule has 1 aliphatic heterocycles. The molecular formula is C36H36Cl3NO6. The van der Waals surface area contributed by atoms with Crippen LogP contribution in [0.3, 0.4) is 0 Å². The molecule has 5 rings (SSSR count). The minimum atomic E-state index is -2.21. The van der Waals surface area contributed by atoms with E-state index >= 15 is 0 Å². The molecule has 1 N–H and O–H groups in total. The Morgan fingerprint density at radius 3 is 1.57 bits per heavy atom. The molecule has 1 amide bonds. The molecule has 0 bridgehead atoms. The molecular weight excluding hydrogens is 649 g/mol. The highest BCUT2D eigenvalue weighted by molar-refractivity contribution is 6.76. The van der Waals surface area contributed by atoms with Crippen LogP contribution in [0, 0.1) is 0 Å². The van der Waals surface area contributed by atoms with Crippen LogP contribution < -0.4 is 5.32 Å². The van der Waals surface area contributed by atoms with E-state index in [9.17, 15) is 4.79 Å². The molecule has 0 aliphatic carbocycles. The highest BCUT2D eigenvalue weighted by Gasteiger charge is 2.51. The van der Waals surface area contributed by atoms with Crippen LogP contribution in [0.1, 0.15) is 22.3 Å². The van der Waals surface area contributed by atoms with Crippen molar-refractivity contribution in [1.82, 2.24) is 5.32 Å². The Balaban J connectivity index is 1.43.